The minimum absolute atomic E-state index is 0.258. The number of anilines is 1. The third-order valence-electron chi connectivity index (χ3n) is 4.26. The maximum absolute atomic E-state index is 5.46. The first kappa shape index (κ1) is 17.4. The lowest BCUT2D eigenvalue weighted by molar-refractivity contribution is 0.425. The maximum atomic E-state index is 5.46. The Labute approximate surface area is 161 Å². The predicted molar refractivity (Wildman–Crippen MR) is 109 cm³/mol. The van der Waals surface area contributed by atoms with E-state index in [-0.39, 0.29) is 4.84 Å². The molecule has 4 aromatic rings. The van der Waals surface area contributed by atoms with Gasteiger partial charge in [0.15, 0.2) is 0 Å². The van der Waals surface area contributed by atoms with Crippen LogP contribution in [0.4, 0.5) is 5.82 Å². The first-order chi connectivity index (χ1) is 13.1. The Hall–Kier alpha value is -2.97. The highest BCUT2D eigenvalue weighted by atomic mass is 32.1. The summed E-state index contributed by atoms with van der Waals surface area (Å²) >= 11 is 4.98. The van der Waals surface area contributed by atoms with Crippen LogP contribution in [0.3, 0.4) is 0 Å². The molecule has 0 unspecified atom stereocenters. The van der Waals surface area contributed by atoms with Crippen molar-refractivity contribution in [2.75, 3.05) is 32.5 Å². The Morgan fingerprint density at radius 3 is 2.89 bits per heavy atom. The lowest BCUT2D eigenvalue weighted by Gasteiger charge is -2.11. The van der Waals surface area contributed by atoms with Crippen molar-refractivity contribution in [3.63, 3.8) is 0 Å². The SMILES string of the molecule is CN(C)CCNc1cccc(-c2ccc3[nH]cc(-c4n[nH]c(=S)o4)c3c2)n1. The zero-order chi connectivity index (χ0) is 18.8. The molecular formula is C19H20N6OS. The molecule has 0 amide bonds. The van der Waals surface area contributed by atoms with Gasteiger partial charge in [-0.1, -0.05) is 12.1 Å². The van der Waals surface area contributed by atoms with Gasteiger partial charge < -0.3 is 19.6 Å². The molecule has 0 aliphatic rings. The number of likely N-dealkylation sites (N-methyl/N-ethyl adjacent to an activating group) is 1. The van der Waals surface area contributed by atoms with Crippen LogP contribution >= 0.6 is 12.2 Å². The van der Waals surface area contributed by atoms with Gasteiger partial charge in [-0.15, -0.1) is 5.10 Å². The van der Waals surface area contributed by atoms with Gasteiger partial charge in [0.05, 0.1) is 11.3 Å². The van der Waals surface area contributed by atoms with E-state index in [9.17, 15) is 0 Å². The van der Waals surface area contributed by atoms with Gasteiger partial charge in [0.1, 0.15) is 5.82 Å². The lowest BCUT2D eigenvalue weighted by atomic mass is 10.1. The standard InChI is InChI=1S/C19H20N6OS/c1-25(2)9-8-20-17-5-3-4-15(22-17)12-6-7-16-13(10-12)14(11-21-16)18-23-24-19(27)26-18/h3-7,10-11,21H,8-9H2,1-2H3,(H,20,22)(H,24,27). The van der Waals surface area contributed by atoms with E-state index in [0.29, 0.717) is 5.89 Å². The monoisotopic (exact) mass is 380 g/mol. The van der Waals surface area contributed by atoms with Gasteiger partial charge in [-0.2, -0.15) is 0 Å². The average Bonchev–Trinajstić information content (AvgIpc) is 3.27. The Kier molecular flexibility index (Phi) is 4.74. The number of pyridine rings is 1. The number of H-pyrrole nitrogens is 2. The van der Waals surface area contributed by atoms with Gasteiger partial charge in [-0.3, -0.25) is 0 Å². The molecule has 0 atom stereocenters. The van der Waals surface area contributed by atoms with Gasteiger partial charge in [0.2, 0.25) is 5.89 Å². The number of aromatic nitrogens is 4. The molecule has 0 aliphatic carbocycles. The van der Waals surface area contributed by atoms with E-state index >= 15 is 0 Å². The normalized spacial score (nSPS) is 11.4. The fourth-order valence-electron chi connectivity index (χ4n) is 2.90. The topological polar surface area (TPSA) is 85.8 Å². The minimum Gasteiger partial charge on any atom is -0.409 e. The van der Waals surface area contributed by atoms with Crippen molar-refractivity contribution < 1.29 is 4.42 Å². The van der Waals surface area contributed by atoms with E-state index < -0.39 is 0 Å². The van der Waals surface area contributed by atoms with E-state index in [1.54, 1.807) is 0 Å². The van der Waals surface area contributed by atoms with E-state index in [1.807, 2.05) is 30.5 Å². The summed E-state index contributed by atoms with van der Waals surface area (Å²) in [5.74, 6) is 1.33. The largest absolute Gasteiger partial charge is 0.409 e. The molecule has 0 saturated heterocycles. The van der Waals surface area contributed by atoms with Crippen LogP contribution in [-0.4, -0.2) is 52.3 Å². The number of benzene rings is 1. The van der Waals surface area contributed by atoms with E-state index in [4.69, 9.17) is 21.6 Å². The smallest absolute Gasteiger partial charge is 0.284 e. The molecule has 0 radical (unpaired) electrons. The highest BCUT2D eigenvalue weighted by Crippen LogP contribution is 2.31. The maximum Gasteiger partial charge on any atom is 0.284 e. The summed E-state index contributed by atoms with van der Waals surface area (Å²) in [5, 5.41) is 11.2. The Balaban J connectivity index is 1.67. The van der Waals surface area contributed by atoms with E-state index in [2.05, 4.69) is 51.6 Å². The van der Waals surface area contributed by atoms with Crippen molar-refractivity contribution >= 4 is 28.9 Å². The quantitative estimate of drug-likeness (QED) is 0.440. The first-order valence-corrected chi connectivity index (χ1v) is 9.04. The van der Waals surface area contributed by atoms with Crippen LogP contribution in [0, 0.1) is 4.84 Å². The summed E-state index contributed by atoms with van der Waals surface area (Å²) in [6, 6.07) is 12.2. The fraction of sp³-hybridized carbons (Fsp3) is 0.211. The van der Waals surface area contributed by atoms with Crippen LogP contribution in [0.1, 0.15) is 0 Å². The van der Waals surface area contributed by atoms with Crippen LogP contribution in [0.15, 0.2) is 47.0 Å². The zero-order valence-electron chi connectivity index (χ0n) is 15.1. The van der Waals surface area contributed by atoms with Crippen LogP contribution in [0.5, 0.6) is 0 Å². The Morgan fingerprint density at radius 1 is 1.22 bits per heavy atom. The molecule has 0 spiro atoms. The molecular weight excluding hydrogens is 360 g/mol. The van der Waals surface area contributed by atoms with E-state index in [0.717, 1.165) is 46.6 Å². The molecule has 0 fully saturated rings. The van der Waals surface area contributed by atoms with Crippen molar-refractivity contribution in [2.45, 2.75) is 0 Å². The molecule has 27 heavy (non-hydrogen) atoms. The summed E-state index contributed by atoms with van der Waals surface area (Å²) in [6.07, 6.45) is 1.87. The Bertz CT molecular complexity index is 1130. The third kappa shape index (κ3) is 3.76. The fourth-order valence-corrected chi connectivity index (χ4v) is 3.03. The number of hydrogen-bond acceptors (Lipinski definition) is 6. The number of nitrogens with zero attached hydrogens (tertiary/aromatic N) is 3. The zero-order valence-corrected chi connectivity index (χ0v) is 15.9. The van der Waals surface area contributed by atoms with Gasteiger partial charge >= 0.3 is 0 Å². The van der Waals surface area contributed by atoms with Crippen LogP contribution in [0.25, 0.3) is 33.6 Å². The Morgan fingerprint density at radius 2 is 2.11 bits per heavy atom. The molecule has 1 aromatic carbocycles. The molecule has 3 N–H and O–H groups in total. The summed E-state index contributed by atoms with van der Waals surface area (Å²) in [4.78, 5) is 10.4. The van der Waals surface area contributed by atoms with Crippen molar-refractivity contribution in [3.05, 3.63) is 47.4 Å². The van der Waals surface area contributed by atoms with Gasteiger partial charge in [-0.05, 0) is 50.6 Å². The third-order valence-corrected chi connectivity index (χ3v) is 4.43. The molecule has 3 heterocycles. The molecule has 0 aliphatic heterocycles. The van der Waals surface area contributed by atoms with Gasteiger partial charge in [0.25, 0.3) is 4.84 Å². The van der Waals surface area contributed by atoms with Crippen molar-refractivity contribution in [1.82, 2.24) is 25.1 Å². The summed E-state index contributed by atoms with van der Waals surface area (Å²) in [5.41, 5.74) is 3.79. The van der Waals surface area contributed by atoms with E-state index in [1.165, 1.54) is 0 Å². The molecule has 0 bridgehead atoms. The number of rotatable bonds is 6. The number of aromatic amines is 2. The van der Waals surface area contributed by atoms with Crippen molar-refractivity contribution in [2.24, 2.45) is 0 Å². The molecule has 4 rings (SSSR count). The van der Waals surface area contributed by atoms with Gasteiger partial charge in [-0.25, -0.2) is 10.1 Å². The number of nitrogens with one attached hydrogen (secondary N) is 3. The lowest BCUT2D eigenvalue weighted by Crippen LogP contribution is -2.21. The highest BCUT2D eigenvalue weighted by molar-refractivity contribution is 7.71. The second-order valence-corrected chi connectivity index (χ2v) is 6.89. The van der Waals surface area contributed by atoms with Crippen molar-refractivity contribution in [3.8, 4) is 22.7 Å². The summed E-state index contributed by atoms with van der Waals surface area (Å²) < 4.78 is 5.46. The molecule has 8 heteroatoms. The molecule has 3 aromatic heterocycles. The van der Waals surface area contributed by atoms with Crippen LogP contribution < -0.4 is 5.32 Å². The second-order valence-electron chi connectivity index (χ2n) is 6.52. The molecule has 138 valence electrons. The summed E-state index contributed by atoms with van der Waals surface area (Å²) in [7, 11) is 4.10. The molecule has 0 saturated carbocycles. The molecule has 7 nitrogen and oxygen atoms in total. The average molecular weight is 380 g/mol. The second kappa shape index (κ2) is 7.34. The minimum atomic E-state index is 0.258. The summed E-state index contributed by atoms with van der Waals surface area (Å²) in [6.45, 7) is 1.79. The highest BCUT2D eigenvalue weighted by Gasteiger charge is 2.12. The first-order valence-electron chi connectivity index (χ1n) is 8.63. The number of fused-ring (bicyclic) bond motifs is 1. The number of hydrogen-bond donors (Lipinski definition) is 3. The van der Waals surface area contributed by atoms with Gasteiger partial charge in [0, 0.05) is 35.8 Å². The van der Waals surface area contributed by atoms with Crippen molar-refractivity contribution in [1.29, 1.82) is 0 Å². The van der Waals surface area contributed by atoms with Crippen LogP contribution in [0.2, 0.25) is 0 Å². The van der Waals surface area contributed by atoms with Crippen LogP contribution in [-0.2, 0) is 0 Å². The predicted octanol–water partition coefficient (Wildman–Crippen LogP) is 3.92.